The minimum Gasteiger partial charge on any atom is -0.481 e. The summed E-state index contributed by atoms with van der Waals surface area (Å²) in [7, 11) is 1.58. The molecule has 1 saturated carbocycles. The third kappa shape index (κ3) is 2.83. The predicted octanol–water partition coefficient (Wildman–Crippen LogP) is 3.85. The lowest BCUT2D eigenvalue weighted by atomic mass is 9.95. The van der Waals surface area contributed by atoms with Crippen LogP contribution in [0.2, 0.25) is 5.02 Å². The highest BCUT2D eigenvalue weighted by atomic mass is 35.5. The molecule has 1 N–H and O–H groups in total. The Bertz CT molecular complexity index is 832. The van der Waals surface area contributed by atoms with E-state index in [1.165, 1.54) is 6.07 Å². The summed E-state index contributed by atoms with van der Waals surface area (Å²) in [6.45, 7) is 1.60. The van der Waals surface area contributed by atoms with Crippen molar-refractivity contribution in [2.45, 2.75) is 11.8 Å². The molecule has 4 rings (SSSR count). The van der Waals surface area contributed by atoms with E-state index in [1.807, 2.05) is 12.1 Å². The molecule has 0 radical (unpaired) electrons. The lowest BCUT2D eigenvalue weighted by Gasteiger charge is -2.24. The van der Waals surface area contributed by atoms with Crippen LogP contribution in [-0.2, 0) is 5.41 Å². The average molecular weight is 378 g/mol. The molecule has 4 nitrogen and oxygen atoms in total. The number of hydrogen-bond acceptors (Lipinski definition) is 3. The SMILES string of the molecule is COc1ccc(NC(=S)N2C[C@@H]3C[C@]3(c3cccc(F)c3Cl)C2)cn1. The predicted molar refractivity (Wildman–Crippen MR) is 99.8 cm³/mol. The Morgan fingerprint density at radius 2 is 2.28 bits per heavy atom. The van der Waals surface area contributed by atoms with Crippen LogP contribution < -0.4 is 10.1 Å². The van der Waals surface area contributed by atoms with Crippen molar-refractivity contribution < 1.29 is 9.13 Å². The van der Waals surface area contributed by atoms with Crippen LogP contribution in [-0.4, -0.2) is 35.2 Å². The number of piperidine rings is 1. The number of benzene rings is 1. The maximum atomic E-state index is 13.8. The van der Waals surface area contributed by atoms with Crippen molar-refractivity contribution in [3.63, 3.8) is 0 Å². The van der Waals surface area contributed by atoms with Gasteiger partial charge in [-0.3, -0.25) is 0 Å². The van der Waals surface area contributed by atoms with Crippen molar-refractivity contribution in [3.8, 4) is 5.88 Å². The second-order valence-electron chi connectivity index (χ2n) is 6.56. The minimum absolute atomic E-state index is 0.0803. The summed E-state index contributed by atoms with van der Waals surface area (Å²) in [5.41, 5.74) is 1.63. The van der Waals surface area contributed by atoms with Gasteiger partial charge in [0.2, 0.25) is 5.88 Å². The fourth-order valence-corrected chi connectivity index (χ4v) is 4.29. The summed E-state index contributed by atoms with van der Waals surface area (Å²) in [6.07, 6.45) is 2.71. The van der Waals surface area contributed by atoms with Crippen LogP contribution in [0, 0.1) is 11.7 Å². The third-order valence-corrected chi connectivity index (χ3v) is 5.86. The molecule has 130 valence electrons. The quantitative estimate of drug-likeness (QED) is 0.822. The molecule has 1 aliphatic heterocycles. The highest BCUT2D eigenvalue weighted by Gasteiger charge is 2.62. The molecule has 1 aromatic heterocycles. The van der Waals surface area contributed by atoms with Crippen LogP contribution in [0.5, 0.6) is 5.88 Å². The first-order valence-electron chi connectivity index (χ1n) is 8.04. The van der Waals surface area contributed by atoms with Gasteiger partial charge in [0.1, 0.15) is 5.82 Å². The van der Waals surface area contributed by atoms with Crippen LogP contribution >= 0.6 is 23.8 Å². The van der Waals surface area contributed by atoms with Crippen LogP contribution in [0.4, 0.5) is 10.1 Å². The van der Waals surface area contributed by atoms with Crippen LogP contribution in [0.3, 0.4) is 0 Å². The van der Waals surface area contributed by atoms with Gasteiger partial charge in [-0.05, 0) is 42.3 Å². The van der Waals surface area contributed by atoms with E-state index in [0.29, 0.717) is 16.9 Å². The molecule has 0 unspecified atom stereocenters. The summed E-state index contributed by atoms with van der Waals surface area (Å²) in [6, 6.07) is 8.70. The van der Waals surface area contributed by atoms with E-state index in [-0.39, 0.29) is 16.3 Å². The van der Waals surface area contributed by atoms with Crippen molar-refractivity contribution in [1.29, 1.82) is 0 Å². The van der Waals surface area contributed by atoms with Crippen molar-refractivity contribution in [2.75, 3.05) is 25.5 Å². The maximum Gasteiger partial charge on any atom is 0.213 e. The molecule has 0 bridgehead atoms. The molecular weight excluding hydrogens is 361 g/mol. The van der Waals surface area contributed by atoms with Gasteiger partial charge in [0, 0.05) is 24.6 Å². The molecule has 2 heterocycles. The number of rotatable bonds is 3. The number of fused-ring (bicyclic) bond motifs is 1. The highest BCUT2D eigenvalue weighted by molar-refractivity contribution is 7.80. The number of aromatic nitrogens is 1. The molecule has 1 aromatic carbocycles. The van der Waals surface area contributed by atoms with E-state index < -0.39 is 0 Å². The fourth-order valence-electron chi connectivity index (χ4n) is 3.72. The molecule has 1 aliphatic carbocycles. The van der Waals surface area contributed by atoms with Crippen molar-refractivity contribution >= 4 is 34.6 Å². The second kappa shape index (κ2) is 6.11. The molecule has 2 aliphatic rings. The van der Waals surface area contributed by atoms with Gasteiger partial charge in [-0.2, -0.15) is 0 Å². The van der Waals surface area contributed by atoms with Gasteiger partial charge >= 0.3 is 0 Å². The maximum absolute atomic E-state index is 13.8. The number of thiocarbonyl (C=S) groups is 1. The monoisotopic (exact) mass is 377 g/mol. The Morgan fingerprint density at radius 1 is 1.44 bits per heavy atom. The van der Waals surface area contributed by atoms with Gasteiger partial charge in [0.05, 0.1) is 24.0 Å². The Balaban J connectivity index is 1.47. The number of ether oxygens (including phenoxy) is 1. The molecule has 2 atom stereocenters. The molecule has 1 saturated heterocycles. The van der Waals surface area contributed by atoms with Gasteiger partial charge in [0.25, 0.3) is 0 Å². The van der Waals surface area contributed by atoms with Crippen molar-refractivity contribution in [3.05, 3.63) is 52.9 Å². The smallest absolute Gasteiger partial charge is 0.213 e. The average Bonchev–Trinajstić information content (AvgIpc) is 3.19. The molecule has 2 fully saturated rings. The zero-order valence-corrected chi connectivity index (χ0v) is 15.2. The lowest BCUT2D eigenvalue weighted by molar-refractivity contribution is 0.398. The first kappa shape index (κ1) is 16.5. The van der Waals surface area contributed by atoms with Gasteiger partial charge in [-0.25, -0.2) is 9.37 Å². The molecule has 0 amide bonds. The van der Waals surface area contributed by atoms with Gasteiger partial charge in [-0.1, -0.05) is 23.7 Å². The lowest BCUT2D eigenvalue weighted by Crippen LogP contribution is -2.36. The Kier molecular flexibility index (Phi) is 4.04. The number of pyridine rings is 1. The van der Waals surface area contributed by atoms with Crippen molar-refractivity contribution in [2.24, 2.45) is 5.92 Å². The largest absolute Gasteiger partial charge is 0.481 e. The zero-order chi connectivity index (χ0) is 17.6. The first-order chi connectivity index (χ1) is 12.0. The number of anilines is 1. The first-order valence-corrected chi connectivity index (χ1v) is 8.82. The van der Waals surface area contributed by atoms with Crippen LogP contribution in [0.25, 0.3) is 0 Å². The summed E-state index contributed by atoms with van der Waals surface area (Å²) < 4.78 is 18.9. The van der Waals surface area contributed by atoms with Crippen LogP contribution in [0.1, 0.15) is 12.0 Å². The van der Waals surface area contributed by atoms with E-state index in [4.69, 9.17) is 28.6 Å². The van der Waals surface area contributed by atoms with Gasteiger partial charge in [-0.15, -0.1) is 0 Å². The number of methoxy groups -OCH3 is 1. The summed E-state index contributed by atoms with van der Waals surface area (Å²) in [5, 5.41) is 4.09. The Labute approximate surface area is 156 Å². The second-order valence-corrected chi connectivity index (χ2v) is 7.32. The van der Waals surface area contributed by atoms with Gasteiger partial charge in [0.15, 0.2) is 5.11 Å². The normalized spacial score (nSPS) is 24.0. The van der Waals surface area contributed by atoms with E-state index in [9.17, 15) is 4.39 Å². The molecular formula is C18H17ClFN3OS. The number of hydrogen-bond donors (Lipinski definition) is 1. The summed E-state index contributed by atoms with van der Waals surface area (Å²) in [5.74, 6) is 0.654. The van der Waals surface area contributed by atoms with Crippen LogP contribution in [0.15, 0.2) is 36.5 Å². The fraction of sp³-hybridized carbons (Fsp3) is 0.333. The molecule has 7 heteroatoms. The third-order valence-electron chi connectivity index (χ3n) is 5.12. The van der Waals surface area contributed by atoms with Gasteiger partial charge < -0.3 is 15.0 Å². The van der Waals surface area contributed by atoms with E-state index >= 15 is 0 Å². The summed E-state index contributed by atoms with van der Waals surface area (Å²) >= 11 is 11.8. The zero-order valence-electron chi connectivity index (χ0n) is 13.6. The number of nitrogens with zero attached hydrogens (tertiary/aromatic N) is 2. The minimum atomic E-state index is -0.359. The Morgan fingerprint density at radius 3 is 3.00 bits per heavy atom. The molecule has 2 aromatic rings. The van der Waals surface area contributed by atoms with E-state index in [1.54, 1.807) is 25.4 Å². The number of nitrogens with one attached hydrogen (secondary N) is 1. The standard InChI is InChI=1S/C18H17ClFN3OS/c1-24-15-6-5-12(8-21-15)22-17(25)23-9-11-7-18(11,10-23)13-3-2-4-14(20)16(13)19/h2-6,8,11H,7,9-10H2,1H3,(H,22,25)/t11-,18-/m0/s1. The summed E-state index contributed by atoms with van der Waals surface area (Å²) in [4.78, 5) is 6.28. The molecule has 0 spiro atoms. The number of likely N-dealkylation sites (tertiary alicyclic amines) is 1. The molecule has 25 heavy (non-hydrogen) atoms. The van der Waals surface area contributed by atoms with Crippen molar-refractivity contribution in [1.82, 2.24) is 9.88 Å². The Hall–Kier alpha value is -1.92. The highest BCUT2D eigenvalue weighted by Crippen LogP contribution is 2.60. The number of halogens is 2. The van der Waals surface area contributed by atoms with E-state index in [2.05, 4.69) is 15.2 Å². The topological polar surface area (TPSA) is 37.4 Å². The van der Waals surface area contributed by atoms with E-state index in [0.717, 1.165) is 30.8 Å².